The minimum Gasteiger partial charge on any atom is -0.495 e. The highest BCUT2D eigenvalue weighted by Crippen LogP contribution is 2.30. The van der Waals surface area contributed by atoms with Crippen molar-refractivity contribution < 1.29 is 14.3 Å². The van der Waals surface area contributed by atoms with Crippen LogP contribution in [0, 0.1) is 0 Å². The van der Waals surface area contributed by atoms with Gasteiger partial charge in [-0.2, -0.15) is 0 Å². The highest BCUT2D eigenvalue weighted by Gasteiger charge is 2.24. The van der Waals surface area contributed by atoms with Gasteiger partial charge in [0.15, 0.2) is 0 Å². The monoisotopic (exact) mass is 491 g/mol. The lowest BCUT2D eigenvalue weighted by molar-refractivity contribution is -0.114. The lowest BCUT2D eigenvalue weighted by Gasteiger charge is -2.34. The van der Waals surface area contributed by atoms with Crippen molar-refractivity contribution in [2.45, 2.75) is 36.2 Å². The minimum atomic E-state index is -0.218. The average Bonchev–Trinajstić information content (AvgIpc) is 2.90. The number of hydrogen-bond donors (Lipinski definition) is 2. The molecular formula is C26H29N5O3S. The summed E-state index contributed by atoms with van der Waals surface area (Å²) in [5, 5.41) is 7.43. The summed E-state index contributed by atoms with van der Waals surface area (Å²) in [7, 11) is 1.62. The smallest absolute Gasteiger partial charge is 0.235 e. The lowest BCUT2D eigenvalue weighted by Crippen LogP contribution is -2.43. The van der Waals surface area contributed by atoms with Gasteiger partial charge in [0.25, 0.3) is 0 Å². The molecule has 1 amide bonds. The number of benzene rings is 1. The highest BCUT2D eigenvalue weighted by molar-refractivity contribution is 8.00. The molecule has 0 bridgehead atoms. The molecule has 2 aliphatic rings. The molecule has 2 aromatic heterocycles. The normalized spacial score (nSPS) is 17.6. The van der Waals surface area contributed by atoms with Crippen molar-refractivity contribution in [1.29, 1.82) is 0 Å². The molecule has 2 N–H and O–H groups in total. The van der Waals surface area contributed by atoms with Gasteiger partial charge in [-0.15, -0.1) is 11.8 Å². The van der Waals surface area contributed by atoms with Crippen LogP contribution in [0.5, 0.6) is 5.75 Å². The Morgan fingerprint density at radius 1 is 1.29 bits per heavy atom. The first-order chi connectivity index (χ1) is 17.1. The van der Waals surface area contributed by atoms with E-state index < -0.39 is 0 Å². The van der Waals surface area contributed by atoms with Gasteiger partial charge in [-0.1, -0.05) is 12.1 Å². The summed E-state index contributed by atoms with van der Waals surface area (Å²) < 4.78 is 5.35. The van der Waals surface area contributed by atoms with E-state index in [9.17, 15) is 9.59 Å². The maximum Gasteiger partial charge on any atom is 0.235 e. The van der Waals surface area contributed by atoms with Crippen LogP contribution in [-0.4, -0.2) is 65.6 Å². The number of amides is 1. The number of carbonyl (C=O) groups is 2. The maximum atomic E-state index is 12.1. The Morgan fingerprint density at radius 3 is 2.94 bits per heavy atom. The molecule has 1 unspecified atom stereocenters. The number of methoxy groups -OCH3 is 1. The first-order valence-corrected chi connectivity index (χ1v) is 12.9. The first-order valence-electron chi connectivity index (χ1n) is 11.9. The van der Waals surface area contributed by atoms with Crippen LogP contribution in [0.1, 0.15) is 30.0 Å². The molecule has 4 heterocycles. The van der Waals surface area contributed by atoms with Gasteiger partial charge in [-0.05, 0) is 55.8 Å². The summed E-state index contributed by atoms with van der Waals surface area (Å²) >= 11 is 1.52. The van der Waals surface area contributed by atoms with Crippen molar-refractivity contribution in [3.8, 4) is 5.75 Å². The van der Waals surface area contributed by atoms with Crippen molar-refractivity contribution in [3.05, 3.63) is 53.9 Å². The number of carbonyl (C=O) groups excluding carboxylic acids is 2. The number of nitrogens with zero attached hydrogens (tertiary/aromatic N) is 3. The fourth-order valence-corrected chi connectivity index (χ4v) is 5.51. The summed E-state index contributed by atoms with van der Waals surface area (Å²) in [6.07, 6.45) is 4.77. The van der Waals surface area contributed by atoms with Crippen molar-refractivity contribution in [2.24, 2.45) is 0 Å². The predicted octanol–water partition coefficient (Wildman–Crippen LogP) is 3.22. The third-order valence-corrected chi connectivity index (χ3v) is 7.73. The van der Waals surface area contributed by atoms with Gasteiger partial charge >= 0.3 is 0 Å². The van der Waals surface area contributed by atoms with E-state index in [1.165, 1.54) is 11.8 Å². The van der Waals surface area contributed by atoms with Crippen LogP contribution in [0.2, 0.25) is 0 Å². The SMILES string of the molecule is COc1cnc2cccc(C(C=O)CN3CCC(NCc4ccc5c(n4)NC(=O)CS5)CC3)c2c1. The number of aldehydes is 1. The van der Waals surface area contributed by atoms with E-state index in [1.807, 2.05) is 36.4 Å². The first kappa shape index (κ1) is 23.7. The largest absolute Gasteiger partial charge is 0.495 e. The highest BCUT2D eigenvalue weighted by atomic mass is 32.2. The van der Waals surface area contributed by atoms with Gasteiger partial charge in [0.1, 0.15) is 17.9 Å². The van der Waals surface area contributed by atoms with E-state index in [2.05, 4.69) is 25.5 Å². The zero-order valence-corrected chi connectivity index (χ0v) is 20.5. The number of thioether (sulfide) groups is 1. The molecule has 1 saturated heterocycles. The maximum absolute atomic E-state index is 12.1. The van der Waals surface area contributed by atoms with E-state index in [4.69, 9.17) is 4.74 Å². The van der Waals surface area contributed by atoms with E-state index in [0.717, 1.165) is 59.3 Å². The molecule has 8 nitrogen and oxygen atoms in total. The molecule has 1 aromatic carbocycles. The predicted molar refractivity (Wildman–Crippen MR) is 137 cm³/mol. The number of fused-ring (bicyclic) bond motifs is 2. The van der Waals surface area contributed by atoms with Crippen molar-refractivity contribution in [2.75, 3.05) is 37.8 Å². The standard InChI is InChI=1S/C26H29N5O3S/c1-34-20-11-22-21(3-2-4-23(22)28-13-20)17(15-32)14-31-9-7-18(8-10-31)27-12-19-5-6-24-26(29-19)30-25(33)16-35-24/h2-6,11,13,15,17-18,27H,7-10,12,14,16H2,1H3,(H,29,30,33). The topological polar surface area (TPSA) is 96.4 Å². The summed E-state index contributed by atoms with van der Waals surface area (Å²) in [5.74, 6) is 1.59. The second-order valence-electron chi connectivity index (χ2n) is 8.97. The molecule has 1 fully saturated rings. The van der Waals surface area contributed by atoms with Crippen LogP contribution in [0.3, 0.4) is 0 Å². The molecule has 1 atom stereocenters. The number of aromatic nitrogens is 2. The van der Waals surface area contributed by atoms with E-state index in [0.29, 0.717) is 36.5 Å². The summed E-state index contributed by atoms with van der Waals surface area (Å²) in [6, 6.07) is 12.4. The molecule has 0 aliphatic carbocycles. The van der Waals surface area contributed by atoms with E-state index >= 15 is 0 Å². The fraction of sp³-hybridized carbons (Fsp3) is 0.385. The molecule has 5 rings (SSSR count). The second-order valence-corrected chi connectivity index (χ2v) is 9.99. The Labute approximate surface area is 208 Å². The van der Waals surface area contributed by atoms with Gasteiger partial charge in [0.05, 0.1) is 41.1 Å². The van der Waals surface area contributed by atoms with Crippen molar-refractivity contribution >= 4 is 40.7 Å². The van der Waals surface area contributed by atoms with Gasteiger partial charge in [-0.25, -0.2) is 4.98 Å². The molecule has 9 heteroatoms. The zero-order chi connectivity index (χ0) is 24.2. The molecule has 2 aliphatic heterocycles. The Morgan fingerprint density at radius 2 is 2.14 bits per heavy atom. The second kappa shape index (κ2) is 10.7. The van der Waals surface area contributed by atoms with Crippen LogP contribution in [0.25, 0.3) is 10.9 Å². The Bertz CT molecular complexity index is 1230. The number of anilines is 1. The molecular weight excluding hydrogens is 462 g/mol. The number of piperidine rings is 1. The van der Waals surface area contributed by atoms with Gasteiger partial charge < -0.3 is 25.1 Å². The minimum absolute atomic E-state index is 0.00000927. The Balaban J connectivity index is 1.16. The van der Waals surface area contributed by atoms with Crippen LogP contribution in [0.4, 0.5) is 5.82 Å². The van der Waals surface area contributed by atoms with E-state index in [1.54, 1.807) is 13.3 Å². The molecule has 0 saturated carbocycles. The Hall–Kier alpha value is -3.01. The van der Waals surface area contributed by atoms with Crippen LogP contribution in [0.15, 0.2) is 47.5 Å². The number of ether oxygens (including phenoxy) is 1. The molecule has 0 spiro atoms. The molecule has 3 aromatic rings. The van der Waals surface area contributed by atoms with Crippen molar-refractivity contribution in [1.82, 2.24) is 20.2 Å². The number of nitrogens with one attached hydrogen (secondary N) is 2. The quantitative estimate of drug-likeness (QED) is 0.464. The number of rotatable bonds is 8. The summed E-state index contributed by atoms with van der Waals surface area (Å²) in [5.41, 5.74) is 2.79. The van der Waals surface area contributed by atoms with Crippen LogP contribution < -0.4 is 15.4 Å². The number of pyridine rings is 2. The third kappa shape index (κ3) is 5.47. The van der Waals surface area contributed by atoms with Gasteiger partial charge in [0, 0.05) is 24.5 Å². The van der Waals surface area contributed by atoms with Crippen molar-refractivity contribution in [3.63, 3.8) is 0 Å². The number of likely N-dealkylation sites (tertiary alicyclic amines) is 1. The average molecular weight is 492 g/mol. The number of hydrogen-bond acceptors (Lipinski definition) is 8. The van der Waals surface area contributed by atoms with Crippen LogP contribution >= 0.6 is 11.8 Å². The van der Waals surface area contributed by atoms with Crippen LogP contribution in [-0.2, 0) is 16.1 Å². The van der Waals surface area contributed by atoms with E-state index in [-0.39, 0.29) is 11.8 Å². The van der Waals surface area contributed by atoms with Gasteiger partial charge in [0.2, 0.25) is 5.91 Å². The lowest BCUT2D eigenvalue weighted by atomic mass is 9.94. The molecule has 35 heavy (non-hydrogen) atoms. The zero-order valence-electron chi connectivity index (χ0n) is 19.7. The molecule has 182 valence electrons. The summed E-state index contributed by atoms with van der Waals surface area (Å²) in [4.78, 5) is 36.2. The summed E-state index contributed by atoms with van der Waals surface area (Å²) in [6.45, 7) is 3.22. The molecule has 0 radical (unpaired) electrons. The fourth-order valence-electron chi connectivity index (χ4n) is 4.75. The third-order valence-electron chi connectivity index (χ3n) is 6.68. The Kier molecular flexibility index (Phi) is 7.26. The van der Waals surface area contributed by atoms with Gasteiger partial charge in [-0.3, -0.25) is 9.78 Å².